The van der Waals surface area contributed by atoms with E-state index in [0.717, 1.165) is 32.7 Å². The topological polar surface area (TPSA) is 23.6 Å². The molecular weight excluding hydrogens is 236 g/mol. The van der Waals surface area contributed by atoms with E-state index in [9.17, 15) is 4.79 Å². The Morgan fingerprint density at radius 2 is 1.88 bits per heavy atom. The van der Waals surface area contributed by atoms with Crippen LogP contribution in [-0.4, -0.2) is 48.4 Å². The zero-order valence-electron chi connectivity index (χ0n) is 10.0. The van der Waals surface area contributed by atoms with Crippen molar-refractivity contribution >= 4 is 17.5 Å². The first-order valence-corrected chi connectivity index (χ1v) is 6.36. The normalized spacial score (nSPS) is 17.2. The lowest BCUT2D eigenvalue weighted by Crippen LogP contribution is -2.48. The van der Waals surface area contributed by atoms with Crippen LogP contribution < -0.4 is 0 Å². The molecule has 0 bridgehead atoms. The van der Waals surface area contributed by atoms with Gasteiger partial charge in [-0.25, -0.2) is 0 Å². The van der Waals surface area contributed by atoms with E-state index in [1.165, 1.54) is 0 Å². The summed E-state index contributed by atoms with van der Waals surface area (Å²) in [4.78, 5) is 16.5. The minimum Gasteiger partial charge on any atom is -0.336 e. The number of carbonyl (C=O) groups excluding carboxylic acids is 1. The summed E-state index contributed by atoms with van der Waals surface area (Å²) in [5, 5.41) is 0.537. The molecule has 17 heavy (non-hydrogen) atoms. The van der Waals surface area contributed by atoms with Crippen LogP contribution in [0.2, 0.25) is 5.02 Å². The molecule has 1 heterocycles. The van der Waals surface area contributed by atoms with E-state index in [2.05, 4.69) is 11.8 Å². The third kappa shape index (κ3) is 2.79. The summed E-state index contributed by atoms with van der Waals surface area (Å²) in [7, 11) is 0. The fraction of sp³-hybridized carbons (Fsp3) is 0.462. The fourth-order valence-corrected chi connectivity index (χ4v) is 2.29. The van der Waals surface area contributed by atoms with Gasteiger partial charge in [0.15, 0.2) is 0 Å². The maximum Gasteiger partial charge on any atom is 0.255 e. The fourth-order valence-electron chi connectivity index (χ4n) is 2.07. The first-order valence-electron chi connectivity index (χ1n) is 5.98. The van der Waals surface area contributed by atoms with Gasteiger partial charge in [0.25, 0.3) is 5.91 Å². The van der Waals surface area contributed by atoms with Crippen molar-refractivity contribution in [3.63, 3.8) is 0 Å². The SMILES string of the molecule is CCN1CCN(C(=O)c2ccccc2Cl)CC1. The van der Waals surface area contributed by atoms with Crippen LogP contribution in [-0.2, 0) is 0 Å². The number of nitrogens with zero attached hydrogens (tertiary/aromatic N) is 2. The number of hydrogen-bond acceptors (Lipinski definition) is 2. The van der Waals surface area contributed by atoms with Crippen molar-refractivity contribution in [3.8, 4) is 0 Å². The summed E-state index contributed by atoms with van der Waals surface area (Å²) in [6.45, 7) is 6.68. The lowest BCUT2D eigenvalue weighted by Gasteiger charge is -2.34. The molecule has 1 aromatic rings. The van der Waals surface area contributed by atoms with Crippen LogP contribution in [0.5, 0.6) is 0 Å². The molecular formula is C13H17ClN2O. The van der Waals surface area contributed by atoms with Gasteiger partial charge in [0.2, 0.25) is 0 Å². The molecule has 4 heteroatoms. The maximum absolute atomic E-state index is 12.2. The van der Waals surface area contributed by atoms with Crippen molar-refractivity contribution in [2.24, 2.45) is 0 Å². The molecule has 0 unspecified atom stereocenters. The number of likely N-dealkylation sites (N-methyl/N-ethyl adjacent to an activating group) is 1. The van der Waals surface area contributed by atoms with Gasteiger partial charge in [-0.3, -0.25) is 4.79 Å². The van der Waals surface area contributed by atoms with Crippen LogP contribution in [0, 0.1) is 0 Å². The summed E-state index contributed by atoms with van der Waals surface area (Å²) >= 11 is 6.04. The summed E-state index contributed by atoms with van der Waals surface area (Å²) in [6, 6.07) is 7.24. The van der Waals surface area contributed by atoms with Gasteiger partial charge < -0.3 is 9.80 Å². The smallest absolute Gasteiger partial charge is 0.255 e. The predicted octanol–water partition coefficient (Wildman–Crippen LogP) is 2.12. The van der Waals surface area contributed by atoms with E-state index in [4.69, 9.17) is 11.6 Å². The van der Waals surface area contributed by atoms with Gasteiger partial charge in [-0.15, -0.1) is 0 Å². The van der Waals surface area contributed by atoms with Gasteiger partial charge in [-0.1, -0.05) is 30.7 Å². The van der Waals surface area contributed by atoms with Crippen molar-refractivity contribution in [2.75, 3.05) is 32.7 Å². The zero-order chi connectivity index (χ0) is 12.3. The Morgan fingerprint density at radius 1 is 1.24 bits per heavy atom. The van der Waals surface area contributed by atoms with Crippen LogP contribution in [0.3, 0.4) is 0 Å². The number of hydrogen-bond donors (Lipinski definition) is 0. The Bertz CT molecular complexity index is 400. The van der Waals surface area contributed by atoms with Gasteiger partial charge in [-0.2, -0.15) is 0 Å². The minimum absolute atomic E-state index is 0.0475. The Labute approximate surface area is 107 Å². The highest BCUT2D eigenvalue weighted by Crippen LogP contribution is 2.17. The largest absolute Gasteiger partial charge is 0.336 e. The molecule has 0 radical (unpaired) electrons. The van der Waals surface area contributed by atoms with Crippen molar-refractivity contribution < 1.29 is 4.79 Å². The molecule has 1 aromatic carbocycles. The Kier molecular flexibility index (Phi) is 4.02. The average molecular weight is 253 g/mol. The number of rotatable bonds is 2. The van der Waals surface area contributed by atoms with E-state index >= 15 is 0 Å². The second kappa shape index (κ2) is 5.52. The maximum atomic E-state index is 12.2. The molecule has 0 atom stereocenters. The molecule has 1 aliphatic rings. The highest BCUT2D eigenvalue weighted by molar-refractivity contribution is 6.33. The molecule has 92 valence electrons. The molecule has 0 aromatic heterocycles. The number of amides is 1. The van der Waals surface area contributed by atoms with Gasteiger partial charge in [-0.05, 0) is 18.7 Å². The molecule has 0 aliphatic carbocycles. The van der Waals surface area contributed by atoms with E-state index in [0.29, 0.717) is 10.6 Å². The van der Waals surface area contributed by atoms with Crippen molar-refractivity contribution in [2.45, 2.75) is 6.92 Å². The molecule has 2 rings (SSSR count). The molecule has 3 nitrogen and oxygen atoms in total. The van der Waals surface area contributed by atoms with Gasteiger partial charge in [0, 0.05) is 26.2 Å². The highest BCUT2D eigenvalue weighted by Gasteiger charge is 2.22. The molecule has 1 fully saturated rings. The third-order valence-electron chi connectivity index (χ3n) is 3.21. The lowest BCUT2D eigenvalue weighted by atomic mass is 10.2. The summed E-state index contributed by atoms with van der Waals surface area (Å²) in [6.07, 6.45) is 0. The van der Waals surface area contributed by atoms with E-state index in [1.54, 1.807) is 12.1 Å². The number of piperazine rings is 1. The second-order valence-electron chi connectivity index (χ2n) is 4.21. The molecule has 1 saturated heterocycles. The first-order chi connectivity index (χ1) is 8.22. The lowest BCUT2D eigenvalue weighted by molar-refractivity contribution is 0.0643. The van der Waals surface area contributed by atoms with Gasteiger partial charge in [0.05, 0.1) is 10.6 Å². The molecule has 0 saturated carbocycles. The zero-order valence-corrected chi connectivity index (χ0v) is 10.8. The summed E-state index contributed by atoms with van der Waals surface area (Å²) in [5.41, 5.74) is 0.610. The Hall–Kier alpha value is -1.06. The number of carbonyl (C=O) groups is 1. The standard InChI is InChI=1S/C13H17ClN2O/c1-2-15-7-9-16(10-8-15)13(17)11-5-3-4-6-12(11)14/h3-6H,2,7-10H2,1H3. The highest BCUT2D eigenvalue weighted by atomic mass is 35.5. The van der Waals surface area contributed by atoms with Crippen LogP contribution in [0.1, 0.15) is 17.3 Å². The first kappa shape index (κ1) is 12.4. The Morgan fingerprint density at radius 3 is 2.47 bits per heavy atom. The molecule has 0 spiro atoms. The van der Waals surface area contributed by atoms with Crippen molar-refractivity contribution in [1.82, 2.24) is 9.80 Å². The van der Waals surface area contributed by atoms with Crippen LogP contribution in [0.4, 0.5) is 0 Å². The van der Waals surface area contributed by atoms with E-state index < -0.39 is 0 Å². The van der Waals surface area contributed by atoms with Gasteiger partial charge in [0.1, 0.15) is 0 Å². The summed E-state index contributed by atoms with van der Waals surface area (Å²) in [5.74, 6) is 0.0475. The van der Waals surface area contributed by atoms with Crippen LogP contribution in [0.25, 0.3) is 0 Å². The van der Waals surface area contributed by atoms with Crippen molar-refractivity contribution in [1.29, 1.82) is 0 Å². The van der Waals surface area contributed by atoms with Crippen LogP contribution in [0.15, 0.2) is 24.3 Å². The van der Waals surface area contributed by atoms with E-state index in [1.807, 2.05) is 17.0 Å². The third-order valence-corrected chi connectivity index (χ3v) is 3.54. The molecule has 0 N–H and O–H groups in total. The summed E-state index contributed by atoms with van der Waals surface area (Å²) < 4.78 is 0. The number of halogens is 1. The van der Waals surface area contributed by atoms with Crippen molar-refractivity contribution in [3.05, 3.63) is 34.9 Å². The Balaban J connectivity index is 2.04. The second-order valence-corrected chi connectivity index (χ2v) is 4.61. The monoisotopic (exact) mass is 252 g/mol. The average Bonchev–Trinajstić information content (AvgIpc) is 2.39. The van der Waals surface area contributed by atoms with E-state index in [-0.39, 0.29) is 5.91 Å². The number of benzene rings is 1. The minimum atomic E-state index is 0.0475. The predicted molar refractivity (Wildman–Crippen MR) is 69.5 cm³/mol. The quantitative estimate of drug-likeness (QED) is 0.805. The van der Waals surface area contributed by atoms with Gasteiger partial charge >= 0.3 is 0 Å². The van der Waals surface area contributed by atoms with Crippen LogP contribution >= 0.6 is 11.6 Å². The molecule has 1 amide bonds. The molecule has 1 aliphatic heterocycles.